The Morgan fingerprint density at radius 1 is 1.23 bits per heavy atom. The molecule has 1 heterocycles. The Morgan fingerprint density at radius 3 is 2.77 bits per heavy atom. The van der Waals surface area contributed by atoms with E-state index < -0.39 is 6.03 Å². The molecule has 0 unspecified atom stereocenters. The van der Waals surface area contributed by atoms with Gasteiger partial charge in [0.25, 0.3) is 0 Å². The van der Waals surface area contributed by atoms with Crippen molar-refractivity contribution in [1.29, 1.82) is 0 Å². The molecular weight excluding hydrogens is 350 g/mol. The number of thioether (sulfide) groups is 1. The van der Waals surface area contributed by atoms with Crippen LogP contribution < -0.4 is 10.6 Å². The molecular formula is C18H23N5O2S. The Labute approximate surface area is 156 Å². The van der Waals surface area contributed by atoms with Gasteiger partial charge in [0.15, 0.2) is 5.82 Å². The van der Waals surface area contributed by atoms with Crippen LogP contribution in [0.1, 0.15) is 32.6 Å². The van der Waals surface area contributed by atoms with E-state index in [9.17, 15) is 9.59 Å². The summed E-state index contributed by atoms with van der Waals surface area (Å²) < 4.78 is 0. The number of aromatic nitrogens is 3. The molecule has 1 fully saturated rings. The SMILES string of the molecule is C[C@@H]1CCCC[C@@H]1NC(=O)NC(=O)CSc1n[nH]c(-c2ccccc2)n1. The Bertz CT molecular complexity index is 749. The van der Waals surface area contributed by atoms with Gasteiger partial charge in [0.1, 0.15) is 0 Å². The van der Waals surface area contributed by atoms with Crippen LogP contribution in [0, 0.1) is 5.92 Å². The number of hydrogen-bond donors (Lipinski definition) is 3. The molecule has 1 aliphatic rings. The predicted molar refractivity (Wildman–Crippen MR) is 101 cm³/mol. The number of aromatic amines is 1. The van der Waals surface area contributed by atoms with Crippen LogP contribution in [-0.2, 0) is 4.79 Å². The van der Waals surface area contributed by atoms with Gasteiger partial charge in [0.05, 0.1) is 5.75 Å². The first-order chi connectivity index (χ1) is 12.6. The van der Waals surface area contributed by atoms with Gasteiger partial charge >= 0.3 is 6.03 Å². The van der Waals surface area contributed by atoms with E-state index in [2.05, 4.69) is 32.7 Å². The van der Waals surface area contributed by atoms with Gasteiger partial charge in [-0.2, -0.15) is 0 Å². The number of H-pyrrole nitrogens is 1. The predicted octanol–water partition coefficient (Wildman–Crippen LogP) is 2.97. The van der Waals surface area contributed by atoms with Crippen molar-refractivity contribution in [3.63, 3.8) is 0 Å². The normalized spacial score (nSPS) is 19.7. The molecule has 3 rings (SSSR count). The van der Waals surface area contributed by atoms with E-state index in [-0.39, 0.29) is 17.7 Å². The zero-order valence-corrected chi connectivity index (χ0v) is 15.5. The lowest BCUT2D eigenvalue weighted by Gasteiger charge is -2.29. The first-order valence-corrected chi connectivity index (χ1v) is 9.81. The number of carbonyl (C=O) groups excluding carboxylic acids is 2. The average molecular weight is 373 g/mol. The summed E-state index contributed by atoms with van der Waals surface area (Å²) in [7, 11) is 0. The van der Waals surface area contributed by atoms with Gasteiger partial charge in [-0.25, -0.2) is 9.78 Å². The molecule has 26 heavy (non-hydrogen) atoms. The highest BCUT2D eigenvalue weighted by molar-refractivity contribution is 7.99. The second kappa shape index (κ2) is 8.84. The molecule has 7 nitrogen and oxygen atoms in total. The molecule has 0 spiro atoms. The summed E-state index contributed by atoms with van der Waals surface area (Å²) in [5, 5.41) is 12.7. The Balaban J connectivity index is 1.44. The Hall–Kier alpha value is -2.35. The number of hydrogen-bond acceptors (Lipinski definition) is 5. The smallest absolute Gasteiger partial charge is 0.321 e. The fourth-order valence-electron chi connectivity index (χ4n) is 3.06. The molecule has 1 aromatic carbocycles. The van der Waals surface area contributed by atoms with Crippen molar-refractivity contribution in [1.82, 2.24) is 25.8 Å². The quantitative estimate of drug-likeness (QED) is 0.700. The van der Waals surface area contributed by atoms with Gasteiger partial charge in [-0.1, -0.05) is 61.9 Å². The minimum Gasteiger partial charge on any atom is -0.335 e. The lowest BCUT2D eigenvalue weighted by molar-refractivity contribution is -0.117. The summed E-state index contributed by atoms with van der Waals surface area (Å²) in [5.74, 6) is 0.822. The maximum absolute atomic E-state index is 12.0. The molecule has 2 aromatic rings. The van der Waals surface area contributed by atoms with E-state index in [1.54, 1.807) is 0 Å². The lowest BCUT2D eigenvalue weighted by Crippen LogP contribution is -2.48. The summed E-state index contributed by atoms with van der Waals surface area (Å²) in [6.07, 6.45) is 4.41. The van der Waals surface area contributed by atoms with Crippen molar-refractivity contribution in [2.24, 2.45) is 5.92 Å². The number of carbonyl (C=O) groups is 2. The third-order valence-corrected chi connectivity index (χ3v) is 5.37. The van der Waals surface area contributed by atoms with Crippen LogP contribution in [-0.4, -0.2) is 38.9 Å². The molecule has 138 valence electrons. The van der Waals surface area contributed by atoms with Gasteiger partial charge in [-0.15, -0.1) is 5.10 Å². The monoisotopic (exact) mass is 373 g/mol. The molecule has 3 N–H and O–H groups in total. The van der Waals surface area contributed by atoms with E-state index in [1.165, 1.54) is 18.2 Å². The van der Waals surface area contributed by atoms with Crippen LogP contribution in [0.4, 0.5) is 4.79 Å². The molecule has 0 radical (unpaired) electrons. The first-order valence-electron chi connectivity index (χ1n) is 8.83. The molecule has 0 saturated heterocycles. The largest absolute Gasteiger partial charge is 0.335 e. The number of nitrogens with zero attached hydrogens (tertiary/aromatic N) is 2. The van der Waals surface area contributed by atoms with Gasteiger partial charge < -0.3 is 5.32 Å². The highest BCUT2D eigenvalue weighted by Crippen LogP contribution is 2.23. The third kappa shape index (κ3) is 5.08. The van der Waals surface area contributed by atoms with Crippen LogP contribution in [0.3, 0.4) is 0 Å². The highest BCUT2D eigenvalue weighted by Gasteiger charge is 2.23. The van der Waals surface area contributed by atoms with Crippen molar-refractivity contribution < 1.29 is 9.59 Å². The third-order valence-electron chi connectivity index (χ3n) is 4.53. The molecule has 1 saturated carbocycles. The number of rotatable bonds is 5. The standard InChI is InChI=1S/C18H23N5O2S/c1-12-7-5-6-10-14(12)19-17(25)20-15(24)11-26-18-21-16(22-23-18)13-8-3-2-4-9-13/h2-4,8-9,12,14H,5-7,10-11H2,1H3,(H,21,22,23)(H2,19,20,24,25)/t12-,14+/m1/s1. The number of amides is 3. The van der Waals surface area contributed by atoms with Crippen molar-refractivity contribution >= 4 is 23.7 Å². The maximum Gasteiger partial charge on any atom is 0.321 e. The molecule has 1 aromatic heterocycles. The van der Waals surface area contributed by atoms with Crippen LogP contribution in [0.25, 0.3) is 11.4 Å². The van der Waals surface area contributed by atoms with Crippen molar-refractivity contribution in [2.45, 2.75) is 43.8 Å². The van der Waals surface area contributed by atoms with Gasteiger partial charge in [0, 0.05) is 11.6 Å². The minimum absolute atomic E-state index is 0.0831. The first kappa shape index (κ1) is 18.4. The number of benzene rings is 1. The van der Waals surface area contributed by atoms with E-state index >= 15 is 0 Å². The van der Waals surface area contributed by atoms with E-state index in [0.717, 1.165) is 24.8 Å². The Kier molecular flexibility index (Phi) is 6.27. The number of imide groups is 1. The highest BCUT2D eigenvalue weighted by atomic mass is 32.2. The topological polar surface area (TPSA) is 99.8 Å². The fourth-order valence-corrected chi connectivity index (χ4v) is 3.66. The lowest BCUT2D eigenvalue weighted by atomic mass is 9.86. The van der Waals surface area contributed by atoms with Crippen LogP contribution >= 0.6 is 11.8 Å². The average Bonchev–Trinajstić information content (AvgIpc) is 3.12. The minimum atomic E-state index is -0.422. The van der Waals surface area contributed by atoms with E-state index in [0.29, 0.717) is 16.9 Å². The zero-order chi connectivity index (χ0) is 18.4. The van der Waals surface area contributed by atoms with Crippen molar-refractivity contribution in [2.75, 3.05) is 5.75 Å². The molecule has 3 amide bonds. The molecule has 8 heteroatoms. The number of nitrogens with one attached hydrogen (secondary N) is 3. The Morgan fingerprint density at radius 2 is 2.00 bits per heavy atom. The molecule has 2 atom stereocenters. The van der Waals surface area contributed by atoms with Crippen molar-refractivity contribution in [3.8, 4) is 11.4 Å². The van der Waals surface area contributed by atoms with Crippen LogP contribution in [0.2, 0.25) is 0 Å². The van der Waals surface area contributed by atoms with Crippen LogP contribution in [0.15, 0.2) is 35.5 Å². The van der Waals surface area contributed by atoms with E-state index in [1.807, 2.05) is 30.3 Å². The number of urea groups is 1. The second-order valence-corrected chi connectivity index (χ2v) is 7.45. The maximum atomic E-state index is 12.0. The fraction of sp³-hybridized carbons (Fsp3) is 0.444. The van der Waals surface area contributed by atoms with Crippen molar-refractivity contribution in [3.05, 3.63) is 30.3 Å². The van der Waals surface area contributed by atoms with E-state index in [4.69, 9.17) is 0 Å². The van der Waals surface area contributed by atoms with Gasteiger partial charge in [-0.3, -0.25) is 15.2 Å². The summed E-state index contributed by atoms with van der Waals surface area (Å²) in [4.78, 5) is 28.3. The second-order valence-electron chi connectivity index (χ2n) is 6.51. The summed E-state index contributed by atoms with van der Waals surface area (Å²) in [6.45, 7) is 2.13. The zero-order valence-electron chi connectivity index (χ0n) is 14.7. The van der Waals surface area contributed by atoms with Gasteiger partial charge in [0.2, 0.25) is 11.1 Å². The summed E-state index contributed by atoms with van der Waals surface area (Å²) in [5.41, 5.74) is 0.928. The van der Waals surface area contributed by atoms with Crippen LogP contribution in [0.5, 0.6) is 0 Å². The molecule has 0 aliphatic heterocycles. The molecule has 1 aliphatic carbocycles. The summed E-state index contributed by atoms with van der Waals surface area (Å²) >= 11 is 1.19. The molecule has 0 bridgehead atoms. The van der Waals surface area contributed by atoms with Gasteiger partial charge in [-0.05, 0) is 18.8 Å². The summed E-state index contributed by atoms with van der Waals surface area (Å²) in [6, 6.07) is 9.35.